The lowest BCUT2D eigenvalue weighted by Gasteiger charge is -2.18. The van der Waals surface area contributed by atoms with Crippen LogP contribution in [-0.4, -0.2) is 25.0 Å². The van der Waals surface area contributed by atoms with Crippen LogP contribution in [0, 0.1) is 0 Å². The maximum atomic E-state index is 12.6. The Bertz CT molecular complexity index is 700. The summed E-state index contributed by atoms with van der Waals surface area (Å²) in [5.41, 5.74) is 1.30. The summed E-state index contributed by atoms with van der Waals surface area (Å²) in [4.78, 5) is 26.0. The van der Waals surface area contributed by atoms with Crippen molar-refractivity contribution >= 4 is 23.2 Å². The average molecular weight is 296 g/mol. The minimum absolute atomic E-state index is 0.131. The van der Waals surface area contributed by atoms with Gasteiger partial charge in [-0.1, -0.05) is 30.3 Å². The topological polar surface area (TPSA) is 58.6 Å². The number of amides is 2. The van der Waals surface area contributed by atoms with E-state index in [4.69, 9.17) is 4.74 Å². The molecule has 3 rings (SSSR count). The van der Waals surface area contributed by atoms with Crippen molar-refractivity contribution in [3.05, 3.63) is 54.6 Å². The second-order valence-electron chi connectivity index (χ2n) is 5.01. The molecule has 1 aliphatic rings. The van der Waals surface area contributed by atoms with E-state index >= 15 is 0 Å². The molecule has 1 saturated heterocycles. The Morgan fingerprint density at radius 2 is 1.73 bits per heavy atom. The third kappa shape index (κ3) is 2.53. The van der Waals surface area contributed by atoms with Crippen molar-refractivity contribution in [1.82, 2.24) is 0 Å². The first kappa shape index (κ1) is 14.1. The molecule has 22 heavy (non-hydrogen) atoms. The molecule has 1 aliphatic heterocycles. The number of benzene rings is 2. The molecule has 0 aliphatic carbocycles. The van der Waals surface area contributed by atoms with E-state index in [-0.39, 0.29) is 18.2 Å². The summed E-state index contributed by atoms with van der Waals surface area (Å²) in [5.74, 6) is 0.00541. The number of imide groups is 1. The molecular weight excluding hydrogens is 280 g/mol. The SMILES string of the molecule is COc1ccccc1N1C(=O)C[C@H](Nc2ccccc2)C1=O. The first-order valence-electron chi connectivity index (χ1n) is 7.02. The van der Waals surface area contributed by atoms with Crippen molar-refractivity contribution in [3.8, 4) is 5.75 Å². The summed E-state index contributed by atoms with van der Waals surface area (Å²) in [5, 5.41) is 3.11. The van der Waals surface area contributed by atoms with Crippen LogP contribution in [0.15, 0.2) is 54.6 Å². The van der Waals surface area contributed by atoms with Gasteiger partial charge in [0.1, 0.15) is 11.8 Å². The Balaban J connectivity index is 1.86. The highest BCUT2D eigenvalue weighted by Crippen LogP contribution is 2.32. The van der Waals surface area contributed by atoms with Gasteiger partial charge in [0.05, 0.1) is 19.2 Å². The molecule has 2 aromatic rings. The smallest absolute Gasteiger partial charge is 0.256 e. The number of ether oxygens (including phenoxy) is 1. The van der Waals surface area contributed by atoms with E-state index in [1.807, 2.05) is 30.3 Å². The molecule has 5 heteroatoms. The molecule has 5 nitrogen and oxygen atoms in total. The molecular formula is C17H16N2O3. The molecule has 1 fully saturated rings. The van der Waals surface area contributed by atoms with Crippen LogP contribution in [0.2, 0.25) is 0 Å². The number of methoxy groups -OCH3 is 1. The van der Waals surface area contributed by atoms with Gasteiger partial charge in [-0.2, -0.15) is 0 Å². The van der Waals surface area contributed by atoms with E-state index < -0.39 is 6.04 Å². The zero-order valence-corrected chi connectivity index (χ0v) is 12.2. The molecule has 0 unspecified atom stereocenters. The van der Waals surface area contributed by atoms with Crippen LogP contribution in [0.3, 0.4) is 0 Å². The first-order valence-corrected chi connectivity index (χ1v) is 7.02. The van der Waals surface area contributed by atoms with Gasteiger partial charge in [-0.05, 0) is 24.3 Å². The lowest BCUT2D eigenvalue weighted by atomic mass is 10.2. The van der Waals surface area contributed by atoms with Crippen LogP contribution in [-0.2, 0) is 9.59 Å². The van der Waals surface area contributed by atoms with Gasteiger partial charge in [-0.3, -0.25) is 9.59 Å². The number of anilines is 2. The highest BCUT2D eigenvalue weighted by molar-refractivity contribution is 6.23. The zero-order valence-electron chi connectivity index (χ0n) is 12.2. The summed E-state index contributed by atoms with van der Waals surface area (Å²) in [7, 11) is 1.52. The summed E-state index contributed by atoms with van der Waals surface area (Å²) in [6.45, 7) is 0. The lowest BCUT2D eigenvalue weighted by molar-refractivity contribution is -0.121. The van der Waals surface area contributed by atoms with Gasteiger partial charge < -0.3 is 10.1 Å². The molecule has 1 heterocycles. The van der Waals surface area contributed by atoms with Crippen LogP contribution >= 0.6 is 0 Å². The van der Waals surface area contributed by atoms with Crippen molar-refractivity contribution in [3.63, 3.8) is 0 Å². The number of nitrogens with zero attached hydrogens (tertiary/aromatic N) is 1. The molecule has 1 atom stereocenters. The third-order valence-corrected chi connectivity index (χ3v) is 3.59. The first-order chi connectivity index (χ1) is 10.7. The minimum atomic E-state index is -0.556. The minimum Gasteiger partial charge on any atom is -0.495 e. The van der Waals surface area contributed by atoms with Gasteiger partial charge in [0, 0.05) is 5.69 Å². The molecule has 1 N–H and O–H groups in total. The van der Waals surface area contributed by atoms with E-state index in [9.17, 15) is 9.59 Å². The summed E-state index contributed by atoms with van der Waals surface area (Å²) in [6.07, 6.45) is 0.131. The lowest BCUT2D eigenvalue weighted by Crippen LogP contribution is -2.35. The molecule has 0 saturated carbocycles. The molecule has 112 valence electrons. The average Bonchev–Trinajstić information content (AvgIpc) is 2.82. The van der Waals surface area contributed by atoms with Crippen molar-refractivity contribution in [2.24, 2.45) is 0 Å². The normalized spacial score (nSPS) is 17.7. The van der Waals surface area contributed by atoms with Gasteiger partial charge in [-0.25, -0.2) is 4.90 Å². The fraction of sp³-hybridized carbons (Fsp3) is 0.176. The number of nitrogens with one attached hydrogen (secondary N) is 1. The van der Waals surface area contributed by atoms with Gasteiger partial charge in [0.15, 0.2) is 0 Å². The van der Waals surface area contributed by atoms with Gasteiger partial charge in [0.2, 0.25) is 5.91 Å². The van der Waals surface area contributed by atoms with Gasteiger partial charge >= 0.3 is 0 Å². The fourth-order valence-corrected chi connectivity index (χ4v) is 2.55. The third-order valence-electron chi connectivity index (χ3n) is 3.59. The van der Waals surface area contributed by atoms with Crippen molar-refractivity contribution < 1.29 is 14.3 Å². The number of carbonyl (C=O) groups excluding carboxylic acids is 2. The van der Waals surface area contributed by atoms with E-state index in [0.29, 0.717) is 11.4 Å². The second kappa shape index (κ2) is 5.89. The highest BCUT2D eigenvalue weighted by Gasteiger charge is 2.40. The predicted molar refractivity (Wildman–Crippen MR) is 84.0 cm³/mol. The van der Waals surface area contributed by atoms with Crippen molar-refractivity contribution in [2.75, 3.05) is 17.3 Å². The van der Waals surface area contributed by atoms with Crippen LogP contribution in [0.5, 0.6) is 5.75 Å². The number of hydrogen-bond acceptors (Lipinski definition) is 4. The van der Waals surface area contributed by atoms with E-state index in [1.165, 1.54) is 12.0 Å². The van der Waals surface area contributed by atoms with Crippen LogP contribution < -0.4 is 15.0 Å². The molecule has 2 amide bonds. The van der Waals surface area contributed by atoms with Crippen molar-refractivity contribution in [1.29, 1.82) is 0 Å². The second-order valence-corrected chi connectivity index (χ2v) is 5.01. The zero-order chi connectivity index (χ0) is 15.5. The Kier molecular flexibility index (Phi) is 3.78. The standard InChI is InChI=1S/C17H16N2O3/c1-22-15-10-6-5-9-14(15)19-16(20)11-13(17(19)21)18-12-7-3-2-4-8-12/h2-10,13,18H,11H2,1H3/t13-/m0/s1. The maximum Gasteiger partial charge on any atom is 0.256 e. The molecule has 0 radical (unpaired) electrons. The molecule has 2 aromatic carbocycles. The van der Waals surface area contributed by atoms with Gasteiger partial charge in [0.25, 0.3) is 5.91 Å². The number of para-hydroxylation sites is 3. The fourth-order valence-electron chi connectivity index (χ4n) is 2.55. The Labute approximate surface area is 128 Å². The van der Waals surface area contributed by atoms with E-state index in [2.05, 4.69) is 5.32 Å². The Morgan fingerprint density at radius 3 is 2.45 bits per heavy atom. The molecule has 0 aromatic heterocycles. The monoisotopic (exact) mass is 296 g/mol. The van der Waals surface area contributed by atoms with Crippen LogP contribution in [0.1, 0.15) is 6.42 Å². The van der Waals surface area contributed by atoms with Crippen molar-refractivity contribution in [2.45, 2.75) is 12.5 Å². The Morgan fingerprint density at radius 1 is 1.05 bits per heavy atom. The summed E-state index contributed by atoms with van der Waals surface area (Å²) in [6, 6.07) is 15.8. The molecule has 0 bridgehead atoms. The van der Waals surface area contributed by atoms with Gasteiger partial charge in [-0.15, -0.1) is 0 Å². The van der Waals surface area contributed by atoms with E-state index in [1.54, 1.807) is 24.3 Å². The quantitative estimate of drug-likeness (QED) is 0.880. The van der Waals surface area contributed by atoms with E-state index in [0.717, 1.165) is 5.69 Å². The van der Waals surface area contributed by atoms with Crippen LogP contribution in [0.25, 0.3) is 0 Å². The predicted octanol–water partition coefficient (Wildman–Crippen LogP) is 2.44. The number of carbonyl (C=O) groups is 2. The van der Waals surface area contributed by atoms with Crippen LogP contribution in [0.4, 0.5) is 11.4 Å². The summed E-state index contributed by atoms with van der Waals surface area (Å²) >= 11 is 0. The Hall–Kier alpha value is -2.82. The highest BCUT2D eigenvalue weighted by atomic mass is 16.5. The number of hydrogen-bond donors (Lipinski definition) is 1. The largest absolute Gasteiger partial charge is 0.495 e. The molecule has 0 spiro atoms. The maximum absolute atomic E-state index is 12.6. The number of rotatable bonds is 4. The summed E-state index contributed by atoms with van der Waals surface area (Å²) < 4.78 is 5.24.